The van der Waals surface area contributed by atoms with Crippen LogP contribution >= 0.6 is 11.3 Å². The molecule has 0 bridgehead atoms. The first-order valence-electron chi connectivity index (χ1n) is 10.6. The van der Waals surface area contributed by atoms with E-state index in [-0.39, 0.29) is 17.4 Å². The lowest BCUT2D eigenvalue weighted by Crippen LogP contribution is -2.49. The van der Waals surface area contributed by atoms with Crippen LogP contribution in [-0.2, 0) is 6.54 Å². The molecule has 2 aromatic heterocycles. The maximum Gasteiger partial charge on any atom is 0.321 e. The molecule has 4 aromatic rings. The summed E-state index contributed by atoms with van der Waals surface area (Å²) < 4.78 is 28.1. The number of piperazine rings is 1. The zero-order chi connectivity index (χ0) is 23.7. The number of hydrogen-bond donors (Lipinski definition) is 1. The van der Waals surface area contributed by atoms with Crippen LogP contribution in [0.5, 0.6) is 0 Å². The Bertz CT molecular complexity index is 1410. The Kier molecular flexibility index (Phi) is 6.03. The molecule has 0 unspecified atom stereocenters. The summed E-state index contributed by atoms with van der Waals surface area (Å²) in [5.74, 6) is -0.784. The monoisotopic (exact) mass is 482 g/mol. The van der Waals surface area contributed by atoms with Crippen LogP contribution in [0.2, 0.25) is 0 Å². The van der Waals surface area contributed by atoms with Crippen LogP contribution in [0.4, 0.5) is 19.3 Å². The van der Waals surface area contributed by atoms with E-state index < -0.39 is 5.82 Å². The zero-order valence-electron chi connectivity index (χ0n) is 17.9. The molecule has 5 rings (SSSR count). The number of rotatable bonds is 4. The van der Waals surface area contributed by atoms with Crippen molar-refractivity contribution < 1.29 is 13.6 Å². The lowest BCUT2D eigenvalue weighted by Gasteiger charge is -2.34. The summed E-state index contributed by atoms with van der Waals surface area (Å²) in [5, 5.41) is 7.51. The first-order chi connectivity index (χ1) is 16.4. The lowest BCUT2D eigenvalue weighted by atomic mass is 10.2. The average molecular weight is 483 g/mol. The summed E-state index contributed by atoms with van der Waals surface area (Å²) in [6.45, 7) is 2.65. The number of carbonyl (C=O) groups excluding carboxylic acids is 1. The van der Waals surface area contributed by atoms with Gasteiger partial charge >= 0.3 is 6.03 Å². The van der Waals surface area contributed by atoms with Gasteiger partial charge in [0.1, 0.15) is 16.6 Å². The molecule has 0 atom stereocenters. The largest absolute Gasteiger partial charge is 0.322 e. The summed E-state index contributed by atoms with van der Waals surface area (Å²) in [6.07, 6.45) is 0. The van der Waals surface area contributed by atoms with Gasteiger partial charge in [-0.05, 0) is 30.3 Å². The molecule has 0 radical (unpaired) electrons. The van der Waals surface area contributed by atoms with Gasteiger partial charge in [0.2, 0.25) is 4.96 Å². The van der Waals surface area contributed by atoms with E-state index in [2.05, 4.69) is 20.3 Å². The highest BCUT2D eigenvalue weighted by molar-refractivity contribution is 7.19. The predicted molar refractivity (Wildman–Crippen MR) is 125 cm³/mol. The maximum absolute atomic E-state index is 13.6. The fraction of sp³-hybridized carbons (Fsp3) is 0.217. The Morgan fingerprint density at radius 2 is 1.74 bits per heavy atom. The molecule has 2 aromatic carbocycles. The Labute approximate surface area is 197 Å². The number of anilines is 1. The van der Waals surface area contributed by atoms with Crippen LogP contribution < -0.4 is 10.9 Å². The van der Waals surface area contributed by atoms with Gasteiger partial charge in [-0.3, -0.25) is 9.69 Å². The normalized spacial score (nSPS) is 14.5. The van der Waals surface area contributed by atoms with Crippen LogP contribution in [0.3, 0.4) is 0 Å². The molecule has 1 fully saturated rings. The molecule has 0 saturated carbocycles. The van der Waals surface area contributed by atoms with Crippen LogP contribution in [-0.4, -0.2) is 56.6 Å². The van der Waals surface area contributed by atoms with Gasteiger partial charge in [0, 0.05) is 50.0 Å². The molecule has 1 aliphatic heterocycles. The third-order valence-electron chi connectivity index (χ3n) is 5.49. The number of fused-ring (bicyclic) bond motifs is 1. The number of nitrogens with one attached hydrogen (secondary N) is 1. The number of urea groups is 1. The SMILES string of the molecule is O=C(Nc1cccc(F)c1)N1CCN(Cc2cc(=O)n3nc(-c4cccc(F)c4)sc3n2)CC1. The molecule has 0 spiro atoms. The summed E-state index contributed by atoms with van der Waals surface area (Å²) in [7, 11) is 0. The van der Waals surface area contributed by atoms with E-state index in [9.17, 15) is 18.4 Å². The van der Waals surface area contributed by atoms with E-state index in [1.165, 1.54) is 46.2 Å². The first-order valence-corrected chi connectivity index (χ1v) is 11.5. The van der Waals surface area contributed by atoms with Crippen molar-refractivity contribution in [2.24, 2.45) is 0 Å². The summed E-state index contributed by atoms with van der Waals surface area (Å²) in [4.78, 5) is 33.8. The Morgan fingerprint density at radius 3 is 2.47 bits per heavy atom. The van der Waals surface area contributed by atoms with Gasteiger partial charge in [0.25, 0.3) is 5.56 Å². The fourth-order valence-electron chi connectivity index (χ4n) is 3.78. The van der Waals surface area contributed by atoms with Crippen molar-refractivity contribution in [2.45, 2.75) is 6.54 Å². The second kappa shape index (κ2) is 9.27. The number of benzene rings is 2. The number of amides is 2. The number of aromatic nitrogens is 3. The molecular formula is C23H20F2N6O2S. The third-order valence-corrected chi connectivity index (χ3v) is 6.45. The molecule has 174 valence electrons. The van der Waals surface area contributed by atoms with E-state index in [0.29, 0.717) is 59.6 Å². The third kappa shape index (κ3) is 4.80. The summed E-state index contributed by atoms with van der Waals surface area (Å²) in [6, 6.07) is 13.0. The van der Waals surface area contributed by atoms with Crippen molar-refractivity contribution in [3.8, 4) is 10.6 Å². The molecule has 34 heavy (non-hydrogen) atoms. The molecule has 1 saturated heterocycles. The highest BCUT2D eigenvalue weighted by Gasteiger charge is 2.22. The molecule has 3 heterocycles. The molecule has 0 aliphatic carbocycles. The molecule has 2 amide bonds. The quantitative estimate of drug-likeness (QED) is 0.482. The van der Waals surface area contributed by atoms with Gasteiger partial charge in [0.05, 0.1) is 5.69 Å². The first kappa shape index (κ1) is 22.1. The van der Waals surface area contributed by atoms with Gasteiger partial charge in [0.15, 0.2) is 0 Å². The predicted octanol–water partition coefficient (Wildman–Crippen LogP) is 3.45. The standard InChI is InChI=1S/C23H20F2N6O2S/c24-16-4-1-3-15(11-16)21-28-31-20(32)13-19(27-23(31)34-21)14-29-7-9-30(10-8-29)22(33)26-18-6-2-5-17(25)12-18/h1-6,11-13H,7-10,14H2,(H,26,33). The second-order valence-electron chi connectivity index (χ2n) is 7.90. The second-order valence-corrected chi connectivity index (χ2v) is 8.86. The Morgan fingerprint density at radius 1 is 1.00 bits per heavy atom. The average Bonchev–Trinajstić information content (AvgIpc) is 3.24. The van der Waals surface area contributed by atoms with Crippen LogP contribution in [0.15, 0.2) is 59.4 Å². The van der Waals surface area contributed by atoms with E-state index in [4.69, 9.17) is 0 Å². The van der Waals surface area contributed by atoms with E-state index in [1.54, 1.807) is 29.2 Å². The summed E-state index contributed by atoms with van der Waals surface area (Å²) >= 11 is 1.22. The topological polar surface area (TPSA) is 82.8 Å². The van der Waals surface area contributed by atoms with Crippen molar-refractivity contribution in [3.63, 3.8) is 0 Å². The maximum atomic E-state index is 13.6. The van der Waals surface area contributed by atoms with Gasteiger partial charge in [-0.25, -0.2) is 18.6 Å². The van der Waals surface area contributed by atoms with Crippen LogP contribution in [0, 0.1) is 11.6 Å². The van der Waals surface area contributed by atoms with Crippen LogP contribution in [0.25, 0.3) is 15.5 Å². The fourth-order valence-corrected chi connectivity index (χ4v) is 4.70. The minimum absolute atomic E-state index is 0.280. The molecule has 1 aliphatic rings. The minimum Gasteiger partial charge on any atom is -0.322 e. The van der Waals surface area contributed by atoms with Crippen molar-refractivity contribution in [3.05, 3.63) is 82.3 Å². The van der Waals surface area contributed by atoms with E-state index in [1.807, 2.05) is 0 Å². The van der Waals surface area contributed by atoms with Gasteiger partial charge in [-0.15, -0.1) is 0 Å². The van der Waals surface area contributed by atoms with Crippen molar-refractivity contribution in [1.82, 2.24) is 24.4 Å². The zero-order valence-corrected chi connectivity index (χ0v) is 18.8. The molecule has 1 N–H and O–H groups in total. The highest BCUT2D eigenvalue weighted by Crippen LogP contribution is 2.25. The van der Waals surface area contributed by atoms with E-state index >= 15 is 0 Å². The molecular weight excluding hydrogens is 462 g/mol. The van der Waals surface area contributed by atoms with Gasteiger partial charge in [-0.1, -0.05) is 29.5 Å². The van der Waals surface area contributed by atoms with Gasteiger partial charge in [-0.2, -0.15) is 9.61 Å². The minimum atomic E-state index is -0.410. The number of nitrogens with zero attached hydrogens (tertiary/aromatic N) is 5. The summed E-state index contributed by atoms with van der Waals surface area (Å²) in [5.41, 5.74) is 1.31. The van der Waals surface area contributed by atoms with Crippen molar-refractivity contribution in [1.29, 1.82) is 0 Å². The van der Waals surface area contributed by atoms with Crippen molar-refractivity contribution in [2.75, 3.05) is 31.5 Å². The van der Waals surface area contributed by atoms with Gasteiger partial charge < -0.3 is 10.2 Å². The van der Waals surface area contributed by atoms with Crippen molar-refractivity contribution >= 4 is 28.0 Å². The number of halogens is 2. The molecule has 8 nitrogen and oxygen atoms in total. The Balaban J connectivity index is 1.23. The van der Waals surface area contributed by atoms with Crippen LogP contribution in [0.1, 0.15) is 5.69 Å². The smallest absolute Gasteiger partial charge is 0.321 e. The number of carbonyl (C=O) groups is 1. The number of hydrogen-bond acceptors (Lipinski definition) is 6. The van der Waals surface area contributed by atoms with E-state index in [0.717, 1.165) is 0 Å². The Hall–Kier alpha value is -3.70. The molecule has 11 heteroatoms. The highest BCUT2D eigenvalue weighted by atomic mass is 32.1. The lowest BCUT2D eigenvalue weighted by molar-refractivity contribution is 0.142.